The zero-order valence-electron chi connectivity index (χ0n) is 13.3. The van der Waals surface area contributed by atoms with Crippen LogP contribution in [0.15, 0.2) is 24.3 Å². The monoisotopic (exact) mass is 338 g/mol. The molecule has 6 nitrogen and oxygen atoms in total. The van der Waals surface area contributed by atoms with Crippen molar-refractivity contribution in [3.8, 4) is 0 Å². The van der Waals surface area contributed by atoms with Gasteiger partial charge in [-0.3, -0.25) is 14.4 Å². The van der Waals surface area contributed by atoms with Gasteiger partial charge in [-0.1, -0.05) is 17.7 Å². The van der Waals surface area contributed by atoms with Crippen LogP contribution in [-0.4, -0.2) is 40.4 Å². The first-order chi connectivity index (χ1) is 10.9. The van der Waals surface area contributed by atoms with Gasteiger partial charge in [-0.2, -0.15) is 0 Å². The number of hydrogen-bond acceptors (Lipinski definition) is 4. The molecule has 3 N–H and O–H groups in total. The Morgan fingerprint density at radius 3 is 2.48 bits per heavy atom. The lowest BCUT2D eigenvalue weighted by Crippen LogP contribution is -2.32. The second kappa shape index (κ2) is 9.89. The van der Waals surface area contributed by atoms with Crippen LogP contribution in [0, 0.1) is 6.92 Å². The van der Waals surface area contributed by atoms with Crippen LogP contribution in [0.25, 0.3) is 0 Å². The highest BCUT2D eigenvalue weighted by Gasteiger charge is 2.15. The summed E-state index contributed by atoms with van der Waals surface area (Å²) in [7, 11) is 0. The van der Waals surface area contributed by atoms with Gasteiger partial charge < -0.3 is 15.7 Å². The number of hydrogen-bond donors (Lipinski definition) is 3. The molecule has 1 unspecified atom stereocenters. The summed E-state index contributed by atoms with van der Waals surface area (Å²) in [5, 5.41) is 13.6. The van der Waals surface area contributed by atoms with E-state index in [0.717, 1.165) is 11.3 Å². The first-order valence-corrected chi connectivity index (χ1v) is 8.41. The minimum Gasteiger partial charge on any atom is -0.481 e. The number of carboxylic acid groups (broad SMARTS) is 1. The highest BCUT2D eigenvalue weighted by Crippen LogP contribution is 2.13. The van der Waals surface area contributed by atoms with Crippen molar-refractivity contribution in [1.82, 2.24) is 5.32 Å². The van der Waals surface area contributed by atoms with E-state index in [1.807, 2.05) is 31.2 Å². The quantitative estimate of drug-likeness (QED) is 0.599. The predicted octanol–water partition coefficient (Wildman–Crippen LogP) is 2.04. The highest BCUT2D eigenvalue weighted by atomic mass is 32.2. The average Bonchev–Trinajstić information content (AvgIpc) is 2.51. The number of rotatable bonds is 9. The molecule has 1 rings (SSSR count). The number of amides is 2. The summed E-state index contributed by atoms with van der Waals surface area (Å²) in [6.07, 6.45) is 0.424. The lowest BCUT2D eigenvalue weighted by atomic mass is 10.2. The van der Waals surface area contributed by atoms with E-state index >= 15 is 0 Å². The molecule has 0 bridgehead atoms. The zero-order chi connectivity index (χ0) is 17.2. The molecule has 0 saturated heterocycles. The number of anilines is 1. The van der Waals surface area contributed by atoms with Gasteiger partial charge in [0.15, 0.2) is 0 Å². The van der Waals surface area contributed by atoms with Gasteiger partial charge in [0.2, 0.25) is 11.8 Å². The van der Waals surface area contributed by atoms with Gasteiger partial charge in [-0.25, -0.2) is 0 Å². The van der Waals surface area contributed by atoms with Gasteiger partial charge in [0.1, 0.15) is 0 Å². The van der Waals surface area contributed by atoms with Gasteiger partial charge in [0, 0.05) is 18.7 Å². The van der Waals surface area contributed by atoms with Crippen molar-refractivity contribution in [2.45, 2.75) is 31.9 Å². The van der Waals surface area contributed by atoms with Crippen molar-refractivity contribution in [3.05, 3.63) is 29.8 Å². The van der Waals surface area contributed by atoms with Gasteiger partial charge in [0.25, 0.3) is 0 Å². The Labute approximate surface area is 140 Å². The Kier molecular flexibility index (Phi) is 8.18. The normalized spacial score (nSPS) is 11.6. The van der Waals surface area contributed by atoms with Gasteiger partial charge in [-0.05, 0) is 32.4 Å². The number of benzene rings is 1. The van der Waals surface area contributed by atoms with Gasteiger partial charge >= 0.3 is 5.97 Å². The summed E-state index contributed by atoms with van der Waals surface area (Å²) in [5.41, 5.74) is 1.84. The molecule has 0 aliphatic carbocycles. The minimum absolute atomic E-state index is 0.0285. The van der Waals surface area contributed by atoms with E-state index in [2.05, 4.69) is 10.6 Å². The lowest BCUT2D eigenvalue weighted by molar-refractivity contribution is -0.137. The fourth-order valence-electron chi connectivity index (χ4n) is 1.71. The number of carboxylic acids is 1. The molecule has 1 aromatic carbocycles. The number of aliphatic carboxylic acids is 1. The van der Waals surface area contributed by atoms with Crippen molar-refractivity contribution in [1.29, 1.82) is 0 Å². The van der Waals surface area contributed by atoms with E-state index in [9.17, 15) is 14.4 Å². The molecule has 7 heteroatoms. The molecule has 0 aliphatic heterocycles. The number of aryl methyl sites for hydroxylation is 1. The summed E-state index contributed by atoms with van der Waals surface area (Å²) in [6.45, 7) is 4.01. The van der Waals surface area contributed by atoms with Crippen molar-refractivity contribution in [2.75, 3.05) is 17.6 Å². The molecule has 23 heavy (non-hydrogen) atoms. The molecule has 0 fully saturated rings. The Hall–Kier alpha value is -2.02. The molecule has 0 aliphatic rings. The Bertz CT molecular complexity index is 546. The molecule has 0 aromatic heterocycles. The predicted molar refractivity (Wildman–Crippen MR) is 91.6 cm³/mol. The molecule has 0 radical (unpaired) electrons. The third kappa shape index (κ3) is 8.25. The Morgan fingerprint density at radius 1 is 1.22 bits per heavy atom. The fraction of sp³-hybridized carbons (Fsp3) is 0.438. The smallest absolute Gasteiger partial charge is 0.303 e. The first kappa shape index (κ1) is 19.0. The molecule has 0 saturated carbocycles. The van der Waals surface area contributed by atoms with Crippen LogP contribution in [-0.2, 0) is 14.4 Å². The number of carbonyl (C=O) groups excluding carboxylic acids is 2. The van der Waals surface area contributed by atoms with Crippen LogP contribution in [0.2, 0.25) is 0 Å². The maximum Gasteiger partial charge on any atom is 0.303 e. The molecule has 1 aromatic rings. The lowest BCUT2D eigenvalue weighted by Gasteiger charge is -2.12. The van der Waals surface area contributed by atoms with Crippen LogP contribution in [0.3, 0.4) is 0 Å². The van der Waals surface area contributed by atoms with Gasteiger partial charge in [0.05, 0.1) is 11.0 Å². The molecule has 0 heterocycles. The zero-order valence-corrected chi connectivity index (χ0v) is 14.1. The topological polar surface area (TPSA) is 95.5 Å². The average molecular weight is 338 g/mol. The molecular formula is C16H22N2O4S. The van der Waals surface area contributed by atoms with Crippen LogP contribution in [0.4, 0.5) is 5.69 Å². The van der Waals surface area contributed by atoms with Crippen LogP contribution >= 0.6 is 11.8 Å². The van der Waals surface area contributed by atoms with E-state index in [-0.39, 0.29) is 29.2 Å². The van der Waals surface area contributed by atoms with E-state index in [0.29, 0.717) is 13.0 Å². The standard InChI is InChI=1S/C16H22N2O4S/c1-11-5-7-13(8-6-11)18-14(19)10-23-12(2)16(22)17-9-3-4-15(20)21/h5-8,12H,3-4,9-10H2,1-2H3,(H,17,22)(H,18,19)(H,20,21). The molecule has 0 spiro atoms. The second-order valence-electron chi connectivity index (χ2n) is 5.16. The Morgan fingerprint density at radius 2 is 1.87 bits per heavy atom. The van der Waals surface area contributed by atoms with Crippen LogP contribution < -0.4 is 10.6 Å². The van der Waals surface area contributed by atoms with E-state index < -0.39 is 5.97 Å². The number of carbonyl (C=O) groups is 3. The van der Waals surface area contributed by atoms with Crippen molar-refractivity contribution in [2.24, 2.45) is 0 Å². The maximum atomic E-state index is 11.8. The third-order valence-electron chi connectivity index (χ3n) is 3.04. The summed E-state index contributed by atoms with van der Waals surface area (Å²) >= 11 is 1.24. The summed E-state index contributed by atoms with van der Waals surface area (Å²) in [6, 6.07) is 7.48. The first-order valence-electron chi connectivity index (χ1n) is 7.36. The largest absolute Gasteiger partial charge is 0.481 e. The SMILES string of the molecule is Cc1ccc(NC(=O)CSC(C)C(=O)NCCCC(=O)O)cc1. The summed E-state index contributed by atoms with van der Waals surface area (Å²) < 4.78 is 0. The third-order valence-corrected chi connectivity index (χ3v) is 4.18. The highest BCUT2D eigenvalue weighted by molar-refractivity contribution is 8.01. The number of thioether (sulfide) groups is 1. The van der Waals surface area contributed by atoms with Crippen molar-refractivity contribution < 1.29 is 19.5 Å². The van der Waals surface area contributed by atoms with Crippen LogP contribution in [0.5, 0.6) is 0 Å². The second-order valence-corrected chi connectivity index (χ2v) is 6.48. The van der Waals surface area contributed by atoms with E-state index in [4.69, 9.17) is 5.11 Å². The van der Waals surface area contributed by atoms with E-state index in [1.165, 1.54) is 11.8 Å². The molecule has 1 atom stereocenters. The maximum absolute atomic E-state index is 11.8. The summed E-state index contributed by atoms with van der Waals surface area (Å²) in [4.78, 5) is 34.0. The molecular weight excluding hydrogens is 316 g/mol. The summed E-state index contributed by atoms with van der Waals surface area (Å²) in [5.74, 6) is -1.06. The van der Waals surface area contributed by atoms with E-state index in [1.54, 1.807) is 6.92 Å². The van der Waals surface area contributed by atoms with Crippen molar-refractivity contribution in [3.63, 3.8) is 0 Å². The van der Waals surface area contributed by atoms with Crippen molar-refractivity contribution >= 4 is 35.2 Å². The van der Waals surface area contributed by atoms with Gasteiger partial charge in [-0.15, -0.1) is 11.8 Å². The fourth-order valence-corrected chi connectivity index (χ4v) is 2.41. The molecule has 126 valence electrons. The number of nitrogens with one attached hydrogen (secondary N) is 2. The van der Waals surface area contributed by atoms with Crippen LogP contribution in [0.1, 0.15) is 25.3 Å². The molecule has 2 amide bonds. The minimum atomic E-state index is -0.880. The Balaban J connectivity index is 2.24.